The molecule has 13 N–H and O–H groups in total. The van der Waals surface area contributed by atoms with Crippen LogP contribution in [-0.2, 0) is 24.0 Å². The molecular formula is C25H24N10O9S3. The number of nitrogens with two attached hydrogens (primary N) is 4. The molecule has 19 nitrogen and oxygen atoms in total. The van der Waals surface area contributed by atoms with Gasteiger partial charge in [0, 0.05) is 22.4 Å². The molecule has 1 saturated heterocycles. The summed E-state index contributed by atoms with van der Waals surface area (Å²) in [6, 6.07) is 1.96. The summed E-state index contributed by atoms with van der Waals surface area (Å²) in [5.41, 5.74) is 22.2. The summed E-state index contributed by atoms with van der Waals surface area (Å²) in [4.78, 5) is 69.2. The van der Waals surface area contributed by atoms with Crippen molar-refractivity contribution in [1.82, 2.24) is 25.2 Å². The van der Waals surface area contributed by atoms with Gasteiger partial charge in [-0.1, -0.05) is 23.0 Å². The van der Waals surface area contributed by atoms with Crippen LogP contribution in [0.3, 0.4) is 0 Å². The van der Waals surface area contributed by atoms with E-state index in [0.717, 1.165) is 40.1 Å². The van der Waals surface area contributed by atoms with Crippen LogP contribution >= 0.6 is 34.9 Å². The molecule has 3 aromatic rings. The molecule has 246 valence electrons. The summed E-state index contributed by atoms with van der Waals surface area (Å²) in [5.74, 6) is -5.57. The molecule has 0 spiro atoms. The van der Waals surface area contributed by atoms with Crippen molar-refractivity contribution in [3.05, 3.63) is 46.1 Å². The maximum atomic E-state index is 13.4. The van der Waals surface area contributed by atoms with Gasteiger partial charge in [-0.05, 0) is 17.7 Å². The van der Waals surface area contributed by atoms with Gasteiger partial charge in [0.1, 0.15) is 28.5 Å². The number of aromatic nitrogens is 3. The molecule has 2 amide bonds. The van der Waals surface area contributed by atoms with Crippen molar-refractivity contribution in [3.8, 4) is 11.5 Å². The minimum absolute atomic E-state index is 0.0208. The number of amides is 2. The topological polar surface area (TPSA) is 329 Å². The Hall–Kier alpha value is -5.48. The first-order chi connectivity index (χ1) is 22.3. The number of β-lactam (4-membered cyclic amide) rings is 1. The lowest BCUT2D eigenvalue weighted by molar-refractivity contribution is -0.151. The highest BCUT2D eigenvalue weighted by atomic mass is 32.2. The predicted octanol–water partition coefficient (Wildman–Crippen LogP) is -0.249. The minimum Gasteiger partial charge on any atom is -0.504 e. The number of phenolic OH excluding ortho intramolecular Hbond substituents is 2. The highest BCUT2D eigenvalue weighted by Gasteiger charge is 2.54. The number of oxime groups is 1. The number of nitrogens with zero attached hydrogens (tertiary/aromatic N) is 5. The molecule has 3 atom stereocenters. The Bertz CT molecular complexity index is 1840. The SMILES string of the molecule is Nc1nc(/C(=N/O[C@@H](C(=O)O)c2ccc(O)c(O)c2)C(=O)NC2C(=O)N3C(C(=O)O)=C(CSc4nc(N)c(N)c(N)n4)CS[C@H]23)cs1. The number of hydrogen-bond acceptors (Lipinski definition) is 18. The first kappa shape index (κ1) is 32.9. The molecule has 1 aromatic carbocycles. The van der Waals surface area contributed by atoms with E-state index in [-0.39, 0.29) is 56.1 Å². The van der Waals surface area contributed by atoms with Crippen LogP contribution in [0, 0.1) is 0 Å². The standard InChI is InChI=1S/C25H24N10O9S3/c26-12-17(27)32-25(33-18(12)28)47-5-8-4-45-21-14(20(39)35(21)15(8)22(40)41)31-19(38)13(9-6-46-24(29)30-9)34-44-16(23(42)43)7-1-2-10(36)11(37)3-7/h1-3,6,14,16,21,36-37H,4-5,26H2,(H2,29,30)(H,31,38)(H,40,41)(H,42,43)(H4,27,28,32,33)/b34-13-/t14?,16-,21-/m1/s1. The molecular weight excluding hydrogens is 681 g/mol. The molecule has 0 radical (unpaired) electrons. The number of nitrogen functional groups attached to an aromatic ring is 4. The Balaban J connectivity index is 1.35. The van der Waals surface area contributed by atoms with E-state index in [1.165, 1.54) is 23.2 Å². The number of carbonyl (C=O) groups excluding carboxylic acids is 2. The van der Waals surface area contributed by atoms with Crippen LogP contribution in [0.15, 0.2) is 45.2 Å². The van der Waals surface area contributed by atoms with Crippen molar-refractivity contribution in [1.29, 1.82) is 0 Å². The third-order valence-corrected chi connectivity index (χ3v) is 9.60. The van der Waals surface area contributed by atoms with Gasteiger partial charge in [0.15, 0.2) is 39.1 Å². The molecule has 0 aliphatic carbocycles. The molecule has 2 aliphatic rings. The number of carboxylic acids is 2. The summed E-state index contributed by atoms with van der Waals surface area (Å²) in [7, 11) is 0. The van der Waals surface area contributed by atoms with E-state index in [4.69, 9.17) is 27.8 Å². The van der Waals surface area contributed by atoms with Crippen molar-refractivity contribution >= 4 is 86.8 Å². The molecule has 0 bridgehead atoms. The van der Waals surface area contributed by atoms with Gasteiger partial charge in [0.05, 0.1) is 0 Å². The maximum absolute atomic E-state index is 13.4. The van der Waals surface area contributed by atoms with Crippen LogP contribution in [0.5, 0.6) is 11.5 Å². The van der Waals surface area contributed by atoms with Gasteiger partial charge < -0.3 is 53.5 Å². The third kappa shape index (κ3) is 6.59. The predicted molar refractivity (Wildman–Crippen MR) is 170 cm³/mol. The Morgan fingerprint density at radius 3 is 2.40 bits per heavy atom. The van der Waals surface area contributed by atoms with Crippen molar-refractivity contribution in [2.75, 3.05) is 34.4 Å². The Morgan fingerprint density at radius 1 is 1.11 bits per heavy atom. The molecule has 47 heavy (non-hydrogen) atoms. The first-order valence-corrected chi connectivity index (χ1v) is 15.9. The van der Waals surface area contributed by atoms with Crippen LogP contribution in [0.2, 0.25) is 0 Å². The zero-order chi connectivity index (χ0) is 34.2. The fourth-order valence-corrected chi connectivity index (χ4v) is 7.25. The minimum atomic E-state index is -1.83. The fourth-order valence-electron chi connectivity index (χ4n) is 4.36. The zero-order valence-electron chi connectivity index (χ0n) is 23.6. The summed E-state index contributed by atoms with van der Waals surface area (Å²) in [6.45, 7) is 0. The molecule has 2 aromatic heterocycles. The number of fused-ring (bicyclic) bond motifs is 1. The van der Waals surface area contributed by atoms with Gasteiger partial charge in [-0.3, -0.25) is 14.5 Å². The largest absolute Gasteiger partial charge is 0.504 e. The number of phenols is 2. The van der Waals surface area contributed by atoms with Crippen LogP contribution in [-0.4, -0.2) is 92.7 Å². The van der Waals surface area contributed by atoms with Crippen LogP contribution in [0.4, 0.5) is 22.5 Å². The maximum Gasteiger partial charge on any atom is 0.352 e. The van der Waals surface area contributed by atoms with Gasteiger partial charge in [0.2, 0.25) is 6.10 Å². The van der Waals surface area contributed by atoms with E-state index in [9.17, 15) is 39.6 Å². The third-order valence-electron chi connectivity index (χ3n) is 6.65. The van der Waals surface area contributed by atoms with Gasteiger partial charge in [0.25, 0.3) is 11.8 Å². The van der Waals surface area contributed by atoms with E-state index >= 15 is 0 Å². The quantitative estimate of drug-likeness (QED) is 0.0310. The number of rotatable bonds is 11. The Kier molecular flexibility index (Phi) is 9.17. The second-order valence-electron chi connectivity index (χ2n) is 9.68. The van der Waals surface area contributed by atoms with Crippen molar-refractivity contribution in [2.45, 2.75) is 22.7 Å². The van der Waals surface area contributed by atoms with E-state index in [1.54, 1.807) is 0 Å². The lowest BCUT2D eigenvalue weighted by Gasteiger charge is -2.49. The summed E-state index contributed by atoms with van der Waals surface area (Å²) >= 11 is 3.19. The lowest BCUT2D eigenvalue weighted by Crippen LogP contribution is -2.71. The highest BCUT2D eigenvalue weighted by molar-refractivity contribution is 8.01. The summed E-state index contributed by atoms with van der Waals surface area (Å²) in [6.07, 6.45) is -1.83. The number of benzene rings is 1. The van der Waals surface area contributed by atoms with Crippen LogP contribution in [0.25, 0.3) is 0 Å². The number of thiazole rings is 1. The highest BCUT2D eigenvalue weighted by Crippen LogP contribution is 2.41. The monoisotopic (exact) mass is 704 g/mol. The zero-order valence-corrected chi connectivity index (χ0v) is 26.0. The number of anilines is 4. The molecule has 5 rings (SSSR count). The average Bonchev–Trinajstić information content (AvgIpc) is 3.45. The van der Waals surface area contributed by atoms with Crippen molar-refractivity contribution in [3.63, 3.8) is 0 Å². The number of hydrogen-bond donors (Lipinski definition) is 9. The normalized spacial score (nSPS) is 18.3. The summed E-state index contributed by atoms with van der Waals surface area (Å²) < 4.78 is 0. The average molecular weight is 705 g/mol. The van der Waals surface area contributed by atoms with Gasteiger partial charge >= 0.3 is 11.9 Å². The molecule has 22 heteroatoms. The van der Waals surface area contributed by atoms with E-state index in [2.05, 4.69) is 25.4 Å². The van der Waals surface area contributed by atoms with Crippen LogP contribution < -0.4 is 28.3 Å². The second kappa shape index (κ2) is 13.1. The molecule has 2 aliphatic heterocycles. The number of carbonyl (C=O) groups is 4. The fraction of sp³-hybridized carbons (Fsp3) is 0.200. The number of thioether (sulfide) groups is 2. The smallest absolute Gasteiger partial charge is 0.352 e. The van der Waals surface area contributed by atoms with E-state index in [0.29, 0.717) is 5.57 Å². The second-order valence-corrected chi connectivity index (χ2v) is 12.6. The van der Waals surface area contributed by atoms with Gasteiger partial charge in [-0.15, -0.1) is 23.1 Å². The summed E-state index contributed by atoms with van der Waals surface area (Å²) in [5, 5.41) is 46.0. The van der Waals surface area contributed by atoms with Gasteiger partial charge in [-0.25, -0.2) is 24.5 Å². The number of aromatic hydroxyl groups is 2. The number of aliphatic carboxylic acids is 2. The Labute approximate surface area is 275 Å². The van der Waals surface area contributed by atoms with Crippen LogP contribution in [0.1, 0.15) is 17.4 Å². The molecule has 0 saturated carbocycles. The lowest BCUT2D eigenvalue weighted by atomic mass is 10.0. The van der Waals surface area contributed by atoms with Gasteiger partial charge in [-0.2, -0.15) is 0 Å². The van der Waals surface area contributed by atoms with E-state index < -0.39 is 58.5 Å². The molecule has 1 unspecified atom stereocenters. The Morgan fingerprint density at radius 2 is 1.81 bits per heavy atom. The number of carboxylic acid groups (broad SMARTS) is 2. The molecule has 1 fully saturated rings. The molecule has 4 heterocycles. The number of nitrogens with one attached hydrogen (secondary N) is 1. The van der Waals surface area contributed by atoms with Crippen molar-refractivity contribution < 1.29 is 44.4 Å². The first-order valence-electron chi connectivity index (χ1n) is 13.0. The van der Waals surface area contributed by atoms with E-state index in [1.807, 2.05) is 0 Å². The van der Waals surface area contributed by atoms with Crippen molar-refractivity contribution in [2.24, 2.45) is 5.16 Å².